The number of rotatable bonds is 4. The highest BCUT2D eigenvalue weighted by atomic mass is 35.5. The van der Waals surface area contributed by atoms with E-state index in [4.69, 9.17) is 27.3 Å². The van der Waals surface area contributed by atoms with Crippen LogP contribution in [0.15, 0.2) is 41.9 Å². The summed E-state index contributed by atoms with van der Waals surface area (Å²) in [5.74, 6) is 0.515. The summed E-state index contributed by atoms with van der Waals surface area (Å²) in [5.41, 5.74) is 6.67. The van der Waals surface area contributed by atoms with Crippen molar-refractivity contribution >= 4 is 17.4 Å². The molecule has 2 aromatic heterocycles. The van der Waals surface area contributed by atoms with Crippen molar-refractivity contribution in [2.75, 3.05) is 0 Å². The molecule has 0 fully saturated rings. The minimum absolute atomic E-state index is 0.0497. The SMILES string of the molecule is NC(=NO)c1cc(COc2cncc(Cl)c2)ccn1. The van der Waals surface area contributed by atoms with Gasteiger partial charge >= 0.3 is 0 Å². The Labute approximate surface area is 114 Å². The highest BCUT2D eigenvalue weighted by Crippen LogP contribution is 2.16. The lowest BCUT2D eigenvalue weighted by atomic mass is 10.2. The highest BCUT2D eigenvalue weighted by Gasteiger charge is 2.03. The average molecular weight is 279 g/mol. The molecule has 2 rings (SSSR count). The zero-order valence-electron chi connectivity index (χ0n) is 9.82. The molecule has 0 aliphatic rings. The van der Waals surface area contributed by atoms with Crippen LogP contribution in [0, 0.1) is 0 Å². The monoisotopic (exact) mass is 278 g/mol. The standard InChI is InChI=1S/C12H11ClN4O2/c13-9-4-10(6-15-5-9)19-7-8-1-2-16-11(3-8)12(14)17-18/h1-6,18H,7H2,(H2,14,17). The summed E-state index contributed by atoms with van der Waals surface area (Å²) in [4.78, 5) is 7.89. The minimum atomic E-state index is -0.0497. The van der Waals surface area contributed by atoms with Gasteiger partial charge in [0.1, 0.15) is 18.1 Å². The molecule has 0 saturated carbocycles. The van der Waals surface area contributed by atoms with Gasteiger partial charge in [0.25, 0.3) is 0 Å². The van der Waals surface area contributed by atoms with E-state index in [1.165, 1.54) is 6.20 Å². The van der Waals surface area contributed by atoms with Crippen LogP contribution in [0.3, 0.4) is 0 Å². The summed E-state index contributed by atoms with van der Waals surface area (Å²) < 4.78 is 5.52. The Balaban J connectivity index is 2.08. The second kappa shape index (κ2) is 6.01. The number of pyridine rings is 2. The van der Waals surface area contributed by atoms with Gasteiger partial charge in [0.05, 0.1) is 11.2 Å². The Hall–Kier alpha value is -2.34. The maximum Gasteiger partial charge on any atom is 0.188 e. The summed E-state index contributed by atoms with van der Waals surface area (Å²) in [6.45, 7) is 0.302. The molecule has 2 aromatic rings. The number of nitrogens with zero attached hydrogens (tertiary/aromatic N) is 3. The first-order chi connectivity index (χ1) is 9.19. The van der Waals surface area contributed by atoms with E-state index in [0.29, 0.717) is 23.1 Å². The predicted molar refractivity (Wildman–Crippen MR) is 70.3 cm³/mol. The van der Waals surface area contributed by atoms with Crippen molar-refractivity contribution in [2.45, 2.75) is 6.61 Å². The van der Waals surface area contributed by atoms with Gasteiger partial charge in [-0.1, -0.05) is 16.8 Å². The van der Waals surface area contributed by atoms with Crippen LogP contribution >= 0.6 is 11.6 Å². The number of halogens is 1. The van der Waals surface area contributed by atoms with E-state index in [2.05, 4.69) is 15.1 Å². The number of oxime groups is 1. The first kappa shape index (κ1) is 13.1. The van der Waals surface area contributed by atoms with E-state index in [9.17, 15) is 0 Å². The molecule has 0 radical (unpaired) electrons. The van der Waals surface area contributed by atoms with E-state index in [1.807, 2.05) is 0 Å². The van der Waals surface area contributed by atoms with Crippen LogP contribution in [0.1, 0.15) is 11.3 Å². The van der Waals surface area contributed by atoms with Crippen LogP contribution in [-0.4, -0.2) is 21.0 Å². The van der Waals surface area contributed by atoms with Gasteiger partial charge in [-0.05, 0) is 17.7 Å². The number of nitrogens with two attached hydrogens (primary N) is 1. The minimum Gasteiger partial charge on any atom is -0.487 e. The van der Waals surface area contributed by atoms with Crippen molar-refractivity contribution in [1.82, 2.24) is 9.97 Å². The predicted octanol–water partition coefficient (Wildman–Crippen LogP) is 1.80. The third-order valence-corrected chi connectivity index (χ3v) is 2.49. The Morgan fingerprint density at radius 2 is 2.26 bits per heavy atom. The maximum atomic E-state index is 8.59. The summed E-state index contributed by atoms with van der Waals surface area (Å²) in [7, 11) is 0. The first-order valence-electron chi connectivity index (χ1n) is 5.35. The molecule has 0 saturated heterocycles. The van der Waals surface area contributed by atoms with Crippen LogP contribution in [-0.2, 0) is 6.61 Å². The molecule has 2 heterocycles. The maximum absolute atomic E-state index is 8.59. The quantitative estimate of drug-likeness (QED) is 0.385. The molecular weight excluding hydrogens is 268 g/mol. The number of hydrogen-bond acceptors (Lipinski definition) is 5. The Morgan fingerprint density at radius 1 is 1.42 bits per heavy atom. The largest absolute Gasteiger partial charge is 0.487 e. The second-order valence-electron chi connectivity index (χ2n) is 3.66. The van der Waals surface area contributed by atoms with Crippen molar-refractivity contribution in [3.63, 3.8) is 0 Å². The summed E-state index contributed by atoms with van der Waals surface area (Å²) in [5, 5.41) is 12.0. The summed E-state index contributed by atoms with van der Waals surface area (Å²) in [6, 6.07) is 5.11. The van der Waals surface area contributed by atoms with Gasteiger partial charge in [0.2, 0.25) is 0 Å². The van der Waals surface area contributed by atoms with Gasteiger partial charge in [-0.25, -0.2) is 0 Å². The van der Waals surface area contributed by atoms with Crippen molar-refractivity contribution < 1.29 is 9.94 Å². The van der Waals surface area contributed by atoms with E-state index < -0.39 is 0 Å². The van der Waals surface area contributed by atoms with Crippen LogP contribution in [0.4, 0.5) is 0 Å². The van der Waals surface area contributed by atoms with Gasteiger partial charge in [0.15, 0.2) is 5.84 Å². The fourth-order valence-corrected chi connectivity index (χ4v) is 1.56. The fraction of sp³-hybridized carbons (Fsp3) is 0.0833. The molecule has 0 spiro atoms. The zero-order valence-corrected chi connectivity index (χ0v) is 10.6. The average Bonchev–Trinajstić information content (AvgIpc) is 2.45. The van der Waals surface area contributed by atoms with E-state index in [0.717, 1.165) is 5.56 Å². The molecule has 6 nitrogen and oxygen atoms in total. The molecule has 0 aromatic carbocycles. The van der Waals surface area contributed by atoms with Gasteiger partial charge in [-0.2, -0.15) is 0 Å². The molecule has 0 unspecified atom stereocenters. The molecular formula is C12H11ClN4O2. The first-order valence-corrected chi connectivity index (χ1v) is 5.73. The molecule has 3 N–H and O–H groups in total. The lowest BCUT2D eigenvalue weighted by Crippen LogP contribution is -2.15. The van der Waals surface area contributed by atoms with Crippen molar-refractivity contribution in [3.05, 3.63) is 53.1 Å². The van der Waals surface area contributed by atoms with Gasteiger partial charge in [-0.3, -0.25) is 9.97 Å². The third-order valence-electron chi connectivity index (χ3n) is 2.28. The molecule has 0 aliphatic carbocycles. The number of amidine groups is 1. The molecule has 0 bridgehead atoms. The zero-order chi connectivity index (χ0) is 13.7. The fourth-order valence-electron chi connectivity index (χ4n) is 1.39. The van der Waals surface area contributed by atoms with Gasteiger partial charge < -0.3 is 15.7 Å². The van der Waals surface area contributed by atoms with E-state index in [1.54, 1.807) is 30.6 Å². The smallest absolute Gasteiger partial charge is 0.188 e. The lowest BCUT2D eigenvalue weighted by molar-refractivity contribution is 0.304. The van der Waals surface area contributed by atoms with Crippen LogP contribution in [0.25, 0.3) is 0 Å². The topological polar surface area (TPSA) is 93.6 Å². The molecule has 0 atom stereocenters. The van der Waals surface area contributed by atoms with Crippen LogP contribution < -0.4 is 10.5 Å². The number of ether oxygens (including phenoxy) is 1. The van der Waals surface area contributed by atoms with E-state index >= 15 is 0 Å². The number of hydrogen-bond donors (Lipinski definition) is 2. The van der Waals surface area contributed by atoms with E-state index in [-0.39, 0.29) is 5.84 Å². The molecule has 0 amide bonds. The highest BCUT2D eigenvalue weighted by molar-refractivity contribution is 6.30. The van der Waals surface area contributed by atoms with Crippen LogP contribution in [0.5, 0.6) is 5.75 Å². The van der Waals surface area contributed by atoms with Crippen molar-refractivity contribution in [1.29, 1.82) is 0 Å². The van der Waals surface area contributed by atoms with Crippen LogP contribution in [0.2, 0.25) is 5.02 Å². The van der Waals surface area contributed by atoms with Gasteiger partial charge in [-0.15, -0.1) is 0 Å². The Bertz CT molecular complexity index is 604. The van der Waals surface area contributed by atoms with Crippen molar-refractivity contribution in [3.8, 4) is 5.75 Å². The molecule has 19 heavy (non-hydrogen) atoms. The Kier molecular flexibility index (Phi) is 4.15. The number of aromatic nitrogens is 2. The third kappa shape index (κ3) is 3.56. The lowest BCUT2D eigenvalue weighted by Gasteiger charge is -2.07. The summed E-state index contributed by atoms with van der Waals surface area (Å²) in [6.07, 6.45) is 4.65. The molecule has 0 aliphatic heterocycles. The molecule has 7 heteroatoms. The van der Waals surface area contributed by atoms with Crippen molar-refractivity contribution in [2.24, 2.45) is 10.9 Å². The molecule has 98 valence electrons. The second-order valence-corrected chi connectivity index (χ2v) is 4.10. The Morgan fingerprint density at radius 3 is 3.00 bits per heavy atom. The normalized spacial score (nSPS) is 11.3. The summed E-state index contributed by atoms with van der Waals surface area (Å²) >= 11 is 5.80. The van der Waals surface area contributed by atoms with Gasteiger partial charge in [0, 0.05) is 18.5 Å².